The van der Waals surface area contributed by atoms with Gasteiger partial charge in [-0.1, -0.05) is 71.1 Å². The van der Waals surface area contributed by atoms with Gasteiger partial charge in [-0.3, -0.25) is 9.59 Å². The summed E-state index contributed by atoms with van der Waals surface area (Å²) in [6.07, 6.45) is 5.01. The maximum Gasteiger partial charge on any atom is 0.267 e. The zero-order valence-electron chi connectivity index (χ0n) is 20.7. The van der Waals surface area contributed by atoms with Gasteiger partial charge in [0.25, 0.3) is 5.91 Å². The summed E-state index contributed by atoms with van der Waals surface area (Å²) in [5.41, 5.74) is 1.34. The van der Waals surface area contributed by atoms with E-state index in [1.165, 1.54) is 19.3 Å². The second-order valence-corrected chi connectivity index (χ2v) is 10.4. The third-order valence-electron chi connectivity index (χ3n) is 6.95. The number of aliphatic hydroxyl groups excluding tert-OH is 2. The monoisotopic (exact) mass is 471 g/mol. The minimum absolute atomic E-state index is 0.181. The number of fused-ring (bicyclic) bond motifs is 1. The lowest BCUT2D eigenvalue weighted by Gasteiger charge is -2.33. The quantitative estimate of drug-likeness (QED) is 0.343. The molecular weight excluding hydrogens is 430 g/mol. The van der Waals surface area contributed by atoms with Crippen LogP contribution in [-0.4, -0.2) is 51.8 Å². The molecule has 7 nitrogen and oxygen atoms in total. The molecule has 34 heavy (non-hydrogen) atoms. The molecule has 1 aliphatic carbocycles. The number of carbonyl (C=O) groups excluding carboxylic acids is 2. The van der Waals surface area contributed by atoms with Crippen molar-refractivity contribution in [3.05, 3.63) is 36.0 Å². The lowest BCUT2D eigenvalue weighted by atomic mass is 9.82. The van der Waals surface area contributed by atoms with E-state index in [4.69, 9.17) is 0 Å². The van der Waals surface area contributed by atoms with Crippen LogP contribution in [0.15, 0.2) is 30.3 Å². The number of carbonyl (C=O) groups is 2. The number of aromatic nitrogens is 1. The molecule has 0 unspecified atom stereocenters. The van der Waals surface area contributed by atoms with E-state index in [0.717, 1.165) is 23.7 Å². The number of aliphatic hydroxyl groups is 2. The molecule has 7 heteroatoms. The van der Waals surface area contributed by atoms with E-state index in [1.807, 2.05) is 38.1 Å². The Morgan fingerprint density at radius 2 is 1.79 bits per heavy atom. The van der Waals surface area contributed by atoms with Crippen molar-refractivity contribution in [1.29, 1.82) is 0 Å². The Morgan fingerprint density at radius 1 is 1.09 bits per heavy atom. The number of hydrogen-bond donors (Lipinski definition) is 5. The average molecular weight is 472 g/mol. The van der Waals surface area contributed by atoms with E-state index >= 15 is 0 Å². The molecule has 1 fully saturated rings. The number of amides is 2. The van der Waals surface area contributed by atoms with Gasteiger partial charge in [-0.2, -0.15) is 0 Å². The molecule has 1 heterocycles. The number of hydrogen-bond acceptors (Lipinski definition) is 4. The van der Waals surface area contributed by atoms with Crippen LogP contribution in [0.4, 0.5) is 0 Å². The van der Waals surface area contributed by atoms with Gasteiger partial charge in [0.1, 0.15) is 11.8 Å². The Kier molecular flexibility index (Phi) is 9.54. The molecule has 3 rings (SSSR count). The summed E-state index contributed by atoms with van der Waals surface area (Å²) >= 11 is 0. The van der Waals surface area contributed by atoms with Crippen molar-refractivity contribution in [3.63, 3.8) is 0 Å². The summed E-state index contributed by atoms with van der Waals surface area (Å²) in [5, 5.41) is 28.2. The lowest BCUT2D eigenvalue weighted by Crippen LogP contribution is -2.52. The fourth-order valence-electron chi connectivity index (χ4n) is 4.91. The molecule has 0 aliphatic heterocycles. The van der Waals surface area contributed by atoms with Crippen LogP contribution in [-0.2, 0) is 4.79 Å². The average Bonchev–Trinajstić information content (AvgIpc) is 3.26. The molecule has 1 aromatic heterocycles. The number of H-pyrrole nitrogens is 1. The third-order valence-corrected chi connectivity index (χ3v) is 6.95. The van der Waals surface area contributed by atoms with E-state index < -0.39 is 24.2 Å². The minimum Gasteiger partial charge on any atom is -0.390 e. The SMILES string of the molecule is CC(C)C[C@H](O)[C@H](O)[C@@H](CC1CCCCC1)NC(=O)[C@@H](C)CNC(=O)c1cc2ccccc2[nH]1. The lowest BCUT2D eigenvalue weighted by molar-refractivity contribution is -0.127. The largest absolute Gasteiger partial charge is 0.390 e. The minimum atomic E-state index is -1.01. The van der Waals surface area contributed by atoms with Gasteiger partial charge in [-0.25, -0.2) is 0 Å². The molecule has 188 valence electrons. The highest BCUT2D eigenvalue weighted by Gasteiger charge is 2.32. The van der Waals surface area contributed by atoms with Crippen molar-refractivity contribution < 1.29 is 19.8 Å². The molecule has 0 bridgehead atoms. The van der Waals surface area contributed by atoms with Crippen molar-refractivity contribution in [2.24, 2.45) is 17.8 Å². The highest BCUT2D eigenvalue weighted by molar-refractivity contribution is 5.98. The summed E-state index contributed by atoms with van der Waals surface area (Å²) < 4.78 is 0. The summed E-state index contributed by atoms with van der Waals surface area (Å²) in [6.45, 7) is 5.95. The second-order valence-electron chi connectivity index (χ2n) is 10.4. The highest BCUT2D eigenvalue weighted by Crippen LogP contribution is 2.29. The first-order valence-corrected chi connectivity index (χ1v) is 12.8. The number of para-hydroxylation sites is 1. The van der Waals surface area contributed by atoms with Crippen LogP contribution < -0.4 is 10.6 Å². The zero-order chi connectivity index (χ0) is 24.7. The molecule has 4 atom stereocenters. The molecule has 1 aromatic carbocycles. The topological polar surface area (TPSA) is 114 Å². The van der Waals surface area contributed by atoms with Crippen molar-refractivity contribution >= 4 is 22.7 Å². The van der Waals surface area contributed by atoms with Gasteiger partial charge in [-0.05, 0) is 36.8 Å². The van der Waals surface area contributed by atoms with E-state index in [9.17, 15) is 19.8 Å². The first-order valence-electron chi connectivity index (χ1n) is 12.8. The molecule has 2 aromatic rings. The van der Waals surface area contributed by atoms with Gasteiger partial charge in [0.15, 0.2) is 0 Å². The molecule has 1 saturated carbocycles. The van der Waals surface area contributed by atoms with Gasteiger partial charge in [0.05, 0.1) is 18.1 Å². The molecule has 1 aliphatic rings. The summed E-state index contributed by atoms with van der Waals surface area (Å²) in [6, 6.07) is 8.96. The van der Waals surface area contributed by atoms with Crippen LogP contribution in [0.1, 0.15) is 76.2 Å². The third kappa shape index (κ3) is 7.31. The highest BCUT2D eigenvalue weighted by atomic mass is 16.3. The summed E-state index contributed by atoms with van der Waals surface area (Å²) in [7, 11) is 0. The Morgan fingerprint density at radius 3 is 2.47 bits per heavy atom. The summed E-state index contributed by atoms with van der Waals surface area (Å²) in [4.78, 5) is 28.6. The fourth-order valence-corrected chi connectivity index (χ4v) is 4.91. The number of nitrogens with one attached hydrogen (secondary N) is 3. The van der Waals surface area contributed by atoms with Gasteiger partial charge in [-0.15, -0.1) is 0 Å². The second kappa shape index (κ2) is 12.4. The molecule has 0 saturated heterocycles. The molecular formula is C27H41N3O4. The van der Waals surface area contributed by atoms with Crippen molar-refractivity contribution in [3.8, 4) is 0 Å². The van der Waals surface area contributed by atoms with E-state index in [0.29, 0.717) is 24.5 Å². The smallest absolute Gasteiger partial charge is 0.267 e. The summed E-state index contributed by atoms with van der Waals surface area (Å²) in [5.74, 6) is -0.279. The van der Waals surface area contributed by atoms with Crippen molar-refractivity contribution in [2.75, 3.05) is 6.54 Å². The molecule has 0 radical (unpaired) electrons. The van der Waals surface area contributed by atoms with E-state index in [1.54, 1.807) is 13.0 Å². The van der Waals surface area contributed by atoms with Crippen LogP contribution in [0, 0.1) is 17.8 Å². The van der Waals surface area contributed by atoms with Crippen LogP contribution >= 0.6 is 0 Å². The van der Waals surface area contributed by atoms with Gasteiger partial charge < -0.3 is 25.8 Å². The Bertz CT molecular complexity index is 902. The van der Waals surface area contributed by atoms with Crippen LogP contribution in [0.25, 0.3) is 10.9 Å². The standard InChI is InChI=1S/C27H41N3O4/c1-17(2)13-24(31)25(32)22(14-19-9-5-4-6-10-19)30-26(33)18(3)16-28-27(34)23-15-20-11-7-8-12-21(20)29-23/h7-8,11-12,15,17-19,22,24-25,29,31-32H,4-6,9-10,13-14,16H2,1-3H3,(H,28,34)(H,30,33)/t18-,22+,24-,25+/m0/s1. The maximum absolute atomic E-state index is 13.0. The Hall–Kier alpha value is -2.38. The first-order chi connectivity index (χ1) is 16.2. The number of aromatic amines is 1. The van der Waals surface area contributed by atoms with Crippen LogP contribution in [0.2, 0.25) is 0 Å². The fraction of sp³-hybridized carbons (Fsp3) is 0.630. The van der Waals surface area contributed by atoms with Crippen molar-refractivity contribution in [1.82, 2.24) is 15.6 Å². The van der Waals surface area contributed by atoms with Gasteiger partial charge in [0, 0.05) is 17.4 Å². The Labute approximate surface area is 202 Å². The molecule has 0 spiro atoms. The number of benzene rings is 1. The number of rotatable bonds is 11. The predicted molar refractivity (Wildman–Crippen MR) is 134 cm³/mol. The van der Waals surface area contributed by atoms with Gasteiger partial charge in [0.2, 0.25) is 5.91 Å². The Balaban J connectivity index is 1.57. The first kappa shape index (κ1) is 26.2. The normalized spacial score (nSPS) is 18.4. The maximum atomic E-state index is 13.0. The van der Waals surface area contributed by atoms with Gasteiger partial charge >= 0.3 is 0 Å². The molecule has 5 N–H and O–H groups in total. The van der Waals surface area contributed by atoms with Crippen LogP contribution in [0.3, 0.4) is 0 Å². The zero-order valence-corrected chi connectivity index (χ0v) is 20.7. The van der Waals surface area contributed by atoms with E-state index in [2.05, 4.69) is 15.6 Å². The predicted octanol–water partition coefficient (Wildman–Crippen LogP) is 3.76. The molecule has 2 amide bonds. The van der Waals surface area contributed by atoms with Crippen LogP contribution in [0.5, 0.6) is 0 Å². The van der Waals surface area contributed by atoms with E-state index in [-0.39, 0.29) is 24.3 Å². The van der Waals surface area contributed by atoms with Crippen molar-refractivity contribution in [2.45, 2.75) is 84.0 Å².